The fourth-order valence-corrected chi connectivity index (χ4v) is 2.97. The van der Waals surface area contributed by atoms with Crippen molar-refractivity contribution in [1.29, 1.82) is 0 Å². The summed E-state index contributed by atoms with van der Waals surface area (Å²) >= 11 is 0. The fraction of sp³-hybridized carbons (Fsp3) is 0.217. The van der Waals surface area contributed by atoms with Gasteiger partial charge in [-0.3, -0.25) is 9.59 Å². The molecule has 1 atom stereocenters. The summed E-state index contributed by atoms with van der Waals surface area (Å²) in [4.78, 5) is 24.4. The highest BCUT2D eigenvalue weighted by molar-refractivity contribution is 5.90. The van der Waals surface area contributed by atoms with Crippen molar-refractivity contribution >= 4 is 22.6 Å². The molecule has 0 heterocycles. The normalized spacial score (nSPS) is 11.6. The number of amides is 2. The fourth-order valence-electron chi connectivity index (χ4n) is 2.97. The van der Waals surface area contributed by atoms with Gasteiger partial charge in [0.05, 0.1) is 19.6 Å². The maximum absolute atomic E-state index is 12.4. The molecule has 5 nitrogen and oxygen atoms in total. The lowest BCUT2D eigenvalue weighted by molar-refractivity contribution is -0.126. The Balaban J connectivity index is 1.55. The average molecular weight is 376 g/mol. The van der Waals surface area contributed by atoms with Crippen LogP contribution in [0.1, 0.15) is 24.0 Å². The Labute approximate surface area is 164 Å². The predicted molar refractivity (Wildman–Crippen MR) is 110 cm³/mol. The maximum Gasteiger partial charge on any atom is 0.239 e. The van der Waals surface area contributed by atoms with Gasteiger partial charge >= 0.3 is 0 Å². The molecule has 28 heavy (non-hydrogen) atoms. The Morgan fingerprint density at radius 2 is 1.64 bits per heavy atom. The Bertz CT molecular complexity index is 970. The molecule has 0 aromatic heterocycles. The van der Waals surface area contributed by atoms with Crippen LogP contribution in [0.25, 0.3) is 10.8 Å². The van der Waals surface area contributed by atoms with E-state index < -0.39 is 0 Å². The summed E-state index contributed by atoms with van der Waals surface area (Å²) in [5.74, 6) is 0.0544. The molecule has 5 heteroatoms. The lowest BCUT2D eigenvalue weighted by Gasteiger charge is -2.14. The molecule has 2 N–H and O–H groups in total. The molecule has 0 aliphatic heterocycles. The number of fused-ring (bicyclic) bond motifs is 1. The number of hydrogen-bond donors (Lipinski definition) is 2. The third-order valence-electron chi connectivity index (χ3n) is 4.72. The Morgan fingerprint density at radius 1 is 0.929 bits per heavy atom. The van der Waals surface area contributed by atoms with E-state index in [-0.39, 0.29) is 24.3 Å². The van der Waals surface area contributed by atoms with Gasteiger partial charge in [-0.05, 0) is 41.0 Å². The van der Waals surface area contributed by atoms with E-state index in [1.807, 2.05) is 73.7 Å². The second-order valence-corrected chi connectivity index (χ2v) is 6.67. The molecule has 3 rings (SSSR count). The first-order valence-corrected chi connectivity index (χ1v) is 9.23. The molecule has 0 spiro atoms. The molecule has 144 valence electrons. The van der Waals surface area contributed by atoms with Crippen molar-refractivity contribution in [2.24, 2.45) is 0 Å². The van der Waals surface area contributed by atoms with Gasteiger partial charge in [-0.1, -0.05) is 54.6 Å². The quantitative estimate of drug-likeness (QED) is 0.664. The minimum Gasteiger partial charge on any atom is -0.497 e. The maximum atomic E-state index is 12.4. The van der Waals surface area contributed by atoms with Crippen LogP contribution in [0.2, 0.25) is 0 Å². The van der Waals surface area contributed by atoms with Gasteiger partial charge < -0.3 is 15.4 Å². The smallest absolute Gasteiger partial charge is 0.239 e. The van der Waals surface area contributed by atoms with Crippen molar-refractivity contribution in [2.45, 2.75) is 19.4 Å². The highest BCUT2D eigenvalue weighted by atomic mass is 16.5. The molecule has 3 aromatic rings. The summed E-state index contributed by atoms with van der Waals surface area (Å²) in [6.45, 7) is 2.24. The van der Waals surface area contributed by atoms with Crippen LogP contribution in [-0.2, 0) is 16.1 Å². The zero-order valence-corrected chi connectivity index (χ0v) is 16.1. The number of ether oxygens (including phenoxy) is 1. The third kappa shape index (κ3) is 4.88. The second-order valence-electron chi connectivity index (χ2n) is 6.67. The number of hydrogen-bond acceptors (Lipinski definition) is 3. The summed E-state index contributed by atoms with van der Waals surface area (Å²) in [5, 5.41) is 7.61. The average Bonchev–Trinajstić information content (AvgIpc) is 2.75. The van der Waals surface area contributed by atoms with Crippen LogP contribution in [-0.4, -0.2) is 25.5 Å². The van der Waals surface area contributed by atoms with E-state index in [1.54, 1.807) is 7.11 Å². The molecule has 0 saturated carbocycles. The summed E-state index contributed by atoms with van der Waals surface area (Å²) in [5.41, 5.74) is 1.92. The van der Waals surface area contributed by atoms with E-state index >= 15 is 0 Å². The third-order valence-corrected chi connectivity index (χ3v) is 4.72. The molecule has 0 aliphatic carbocycles. The van der Waals surface area contributed by atoms with Gasteiger partial charge in [0.1, 0.15) is 5.75 Å². The molecular weight excluding hydrogens is 352 g/mol. The first kappa shape index (κ1) is 19.4. The Kier molecular flexibility index (Phi) is 6.27. The van der Waals surface area contributed by atoms with E-state index in [9.17, 15) is 9.59 Å². The van der Waals surface area contributed by atoms with Crippen LogP contribution in [0, 0.1) is 0 Å². The number of nitrogens with one attached hydrogen (secondary N) is 2. The van der Waals surface area contributed by atoms with Crippen molar-refractivity contribution in [1.82, 2.24) is 10.6 Å². The van der Waals surface area contributed by atoms with Crippen LogP contribution in [0.3, 0.4) is 0 Å². The number of rotatable bonds is 7. The molecule has 2 amide bonds. The van der Waals surface area contributed by atoms with Crippen molar-refractivity contribution in [2.75, 3.05) is 13.7 Å². The Hall–Kier alpha value is -3.34. The zero-order valence-electron chi connectivity index (χ0n) is 16.1. The molecule has 0 radical (unpaired) electrons. The van der Waals surface area contributed by atoms with Gasteiger partial charge in [0.15, 0.2) is 0 Å². The van der Waals surface area contributed by atoms with Crippen LogP contribution in [0.5, 0.6) is 5.75 Å². The number of methoxy groups -OCH3 is 1. The second kappa shape index (κ2) is 9.04. The summed E-state index contributed by atoms with van der Waals surface area (Å²) < 4.78 is 5.24. The van der Waals surface area contributed by atoms with E-state index in [0.717, 1.165) is 27.6 Å². The van der Waals surface area contributed by atoms with E-state index in [1.165, 1.54) is 0 Å². The van der Waals surface area contributed by atoms with Gasteiger partial charge in [0, 0.05) is 6.54 Å². The standard InChI is InChI=1S/C23H24N2O3/c1-16(18-8-9-20-13-21(28-2)11-10-19(20)12-18)23(27)25-15-22(26)24-14-17-6-4-3-5-7-17/h3-13,16H,14-15H2,1-2H3,(H,24,26)(H,25,27)/t16-/m0/s1. The largest absolute Gasteiger partial charge is 0.497 e. The van der Waals surface area contributed by atoms with Gasteiger partial charge in [-0.2, -0.15) is 0 Å². The molecule has 0 saturated heterocycles. The molecule has 0 unspecified atom stereocenters. The number of benzene rings is 3. The highest BCUT2D eigenvalue weighted by Gasteiger charge is 2.16. The van der Waals surface area contributed by atoms with E-state index in [0.29, 0.717) is 6.54 Å². The number of carbonyl (C=O) groups excluding carboxylic acids is 2. The minimum atomic E-state index is -0.353. The molecular formula is C23H24N2O3. The van der Waals surface area contributed by atoms with Gasteiger partial charge in [-0.15, -0.1) is 0 Å². The van der Waals surface area contributed by atoms with Gasteiger partial charge in [-0.25, -0.2) is 0 Å². The highest BCUT2D eigenvalue weighted by Crippen LogP contribution is 2.25. The van der Waals surface area contributed by atoms with Gasteiger partial charge in [0.25, 0.3) is 0 Å². The zero-order chi connectivity index (χ0) is 19.9. The predicted octanol–water partition coefficient (Wildman–Crippen LogP) is 3.38. The van der Waals surface area contributed by atoms with E-state index in [4.69, 9.17) is 4.74 Å². The molecule has 3 aromatic carbocycles. The van der Waals surface area contributed by atoms with Crippen LogP contribution in [0.15, 0.2) is 66.7 Å². The number of carbonyl (C=O) groups is 2. The summed E-state index contributed by atoms with van der Waals surface area (Å²) in [6, 6.07) is 21.4. The molecule has 0 aliphatic rings. The van der Waals surface area contributed by atoms with Crippen LogP contribution < -0.4 is 15.4 Å². The van der Waals surface area contributed by atoms with Crippen LogP contribution >= 0.6 is 0 Å². The minimum absolute atomic E-state index is 0.0409. The van der Waals surface area contributed by atoms with Crippen LogP contribution in [0.4, 0.5) is 0 Å². The first-order chi connectivity index (χ1) is 13.6. The molecule has 0 fully saturated rings. The first-order valence-electron chi connectivity index (χ1n) is 9.23. The summed E-state index contributed by atoms with van der Waals surface area (Å²) in [6.07, 6.45) is 0. The SMILES string of the molecule is COc1ccc2cc([C@H](C)C(=O)NCC(=O)NCc3ccccc3)ccc2c1. The lowest BCUT2D eigenvalue weighted by atomic mass is 9.97. The van der Waals surface area contributed by atoms with Crippen molar-refractivity contribution in [3.63, 3.8) is 0 Å². The van der Waals surface area contributed by atoms with Crippen molar-refractivity contribution in [3.8, 4) is 5.75 Å². The summed E-state index contributed by atoms with van der Waals surface area (Å²) in [7, 11) is 1.64. The van der Waals surface area contributed by atoms with Gasteiger partial charge in [0.2, 0.25) is 11.8 Å². The van der Waals surface area contributed by atoms with Crippen molar-refractivity contribution < 1.29 is 14.3 Å². The monoisotopic (exact) mass is 376 g/mol. The molecule has 0 bridgehead atoms. The Morgan fingerprint density at radius 3 is 2.39 bits per heavy atom. The topological polar surface area (TPSA) is 67.4 Å². The lowest BCUT2D eigenvalue weighted by Crippen LogP contribution is -2.38. The van der Waals surface area contributed by atoms with E-state index in [2.05, 4.69) is 10.6 Å². The van der Waals surface area contributed by atoms with Crippen molar-refractivity contribution in [3.05, 3.63) is 77.9 Å².